The van der Waals surface area contributed by atoms with Crippen LogP contribution in [0.25, 0.3) is 0 Å². The second-order valence-corrected chi connectivity index (χ2v) is 7.58. The number of benzene rings is 1. The topological polar surface area (TPSA) is 66.5 Å². The summed E-state index contributed by atoms with van der Waals surface area (Å²) in [6.45, 7) is 3.64. The van der Waals surface area contributed by atoms with Crippen molar-refractivity contribution in [1.82, 2.24) is 4.90 Å². The molecule has 3 amide bonds. The van der Waals surface area contributed by atoms with E-state index >= 15 is 0 Å². The van der Waals surface area contributed by atoms with Gasteiger partial charge in [-0.05, 0) is 25.2 Å². The van der Waals surface area contributed by atoms with Crippen LogP contribution in [0, 0.1) is 35.2 Å². The van der Waals surface area contributed by atoms with Crippen molar-refractivity contribution in [2.45, 2.75) is 39.2 Å². The predicted octanol–water partition coefficient (Wildman–Crippen LogP) is 3.41. The number of carbonyl (C=O) groups excluding carboxylic acids is 3. The van der Waals surface area contributed by atoms with Crippen LogP contribution in [0.15, 0.2) is 24.3 Å². The van der Waals surface area contributed by atoms with Gasteiger partial charge in [-0.3, -0.25) is 19.3 Å². The maximum Gasteiger partial charge on any atom is 0.247 e. The molecule has 0 spiro atoms. The van der Waals surface area contributed by atoms with Crippen LogP contribution >= 0.6 is 0 Å². The number of imide groups is 1. The lowest BCUT2D eigenvalue weighted by Crippen LogP contribution is -2.48. The molecule has 5 nitrogen and oxygen atoms in total. The van der Waals surface area contributed by atoms with Crippen molar-refractivity contribution < 1.29 is 27.6 Å². The van der Waals surface area contributed by atoms with Crippen LogP contribution in [0.1, 0.15) is 33.1 Å². The molecule has 1 aliphatic carbocycles. The van der Waals surface area contributed by atoms with Crippen molar-refractivity contribution >= 4 is 23.4 Å². The number of rotatable bonds is 5. The number of nitrogens with zero attached hydrogens (tertiary/aromatic N) is 1. The third-order valence-electron chi connectivity index (χ3n) is 5.12. The van der Waals surface area contributed by atoms with E-state index in [1.807, 2.05) is 26.0 Å². The molecule has 0 bridgehead atoms. The minimum absolute atomic E-state index is 0.0492. The number of anilines is 1. The van der Waals surface area contributed by atoms with Gasteiger partial charge in [0.15, 0.2) is 11.6 Å². The molecule has 1 heterocycles. The number of allylic oxidation sites excluding steroid dienone is 2. The molecule has 1 fully saturated rings. The molecule has 0 aromatic heterocycles. The summed E-state index contributed by atoms with van der Waals surface area (Å²) in [5.74, 6) is -6.55. The van der Waals surface area contributed by atoms with Crippen LogP contribution in [0.2, 0.25) is 0 Å². The average molecular weight is 394 g/mol. The van der Waals surface area contributed by atoms with E-state index in [0.717, 1.165) is 4.90 Å². The lowest BCUT2D eigenvalue weighted by Gasteiger charge is -2.27. The normalized spacial score (nSPS) is 22.6. The van der Waals surface area contributed by atoms with Crippen molar-refractivity contribution in [2.75, 3.05) is 5.32 Å². The molecule has 1 aliphatic heterocycles. The Bertz CT molecular complexity index is 827. The highest BCUT2D eigenvalue weighted by Gasteiger charge is 2.51. The second kappa shape index (κ2) is 7.77. The minimum atomic E-state index is -1.38. The molecule has 3 atom stereocenters. The van der Waals surface area contributed by atoms with Crippen LogP contribution in [-0.2, 0) is 14.4 Å². The van der Waals surface area contributed by atoms with E-state index in [9.17, 15) is 27.6 Å². The number of hydrogen-bond donors (Lipinski definition) is 1. The Morgan fingerprint density at radius 3 is 2.11 bits per heavy atom. The van der Waals surface area contributed by atoms with Gasteiger partial charge in [-0.1, -0.05) is 26.0 Å². The average Bonchev–Trinajstić information content (AvgIpc) is 2.89. The van der Waals surface area contributed by atoms with Gasteiger partial charge in [-0.25, -0.2) is 13.2 Å². The number of amides is 3. The Hall–Kier alpha value is -2.64. The van der Waals surface area contributed by atoms with Gasteiger partial charge in [0.05, 0.1) is 17.5 Å². The first-order chi connectivity index (χ1) is 13.2. The molecule has 0 radical (unpaired) electrons. The van der Waals surface area contributed by atoms with Gasteiger partial charge in [-0.15, -0.1) is 0 Å². The summed E-state index contributed by atoms with van der Waals surface area (Å²) in [6.07, 6.45) is 4.70. The SMILES string of the molecule is CC(C)CC(C(=O)Nc1cc(F)c(F)cc1F)N1C(=O)C2CC=CCC2C1=O. The molecule has 2 aliphatic rings. The zero-order valence-corrected chi connectivity index (χ0v) is 15.5. The highest BCUT2D eigenvalue weighted by molar-refractivity contribution is 6.10. The molecule has 1 aromatic carbocycles. The maximum absolute atomic E-state index is 13.9. The Balaban J connectivity index is 1.88. The number of nitrogens with one attached hydrogen (secondary N) is 1. The van der Waals surface area contributed by atoms with Crippen molar-refractivity contribution in [3.05, 3.63) is 41.7 Å². The Kier molecular flexibility index (Phi) is 5.58. The van der Waals surface area contributed by atoms with Gasteiger partial charge in [0.2, 0.25) is 17.7 Å². The number of likely N-dealkylation sites (tertiary alicyclic amines) is 1. The van der Waals surface area contributed by atoms with E-state index in [1.54, 1.807) is 0 Å². The van der Waals surface area contributed by atoms with Crippen molar-refractivity contribution in [1.29, 1.82) is 0 Å². The van der Waals surface area contributed by atoms with Crippen molar-refractivity contribution in [3.8, 4) is 0 Å². The first kappa shape index (κ1) is 20.1. The summed E-state index contributed by atoms with van der Waals surface area (Å²) < 4.78 is 40.5. The number of fused-ring (bicyclic) bond motifs is 1. The van der Waals surface area contributed by atoms with Crippen LogP contribution in [0.5, 0.6) is 0 Å². The fourth-order valence-electron chi connectivity index (χ4n) is 3.74. The van der Waals surface area contributed by atoms with Crippen LogP contribution in [0.4, 0.5) is 18.9 Å². The smallest absolute Gasteiger partial charge is 0.247 e. The van der Waals surface area contributed by atoms with E-state index in [1.165, 1.54) is 0 Å². The summed E-state index contributed by atoms with van der Waals surface area (Å²) in [6, 6.07) is -0.292. The van der Waals surface area contributed by atoms with Crippen LogP contribution < -0.4 is 5.32 Å². The molecular formula is C20H21F3N2O3. The molecular weight excluding hydrogens is 373 g/mol. The highest BCUT2D eigenvalue weighted by atomic mass is 19.2. The first-order valence-electron chi connectivity index (χ1n) is 9.18. The monoisotopic (exact) mass is 394 g/mol. The lowest BCUT2D eigenvalue weighted by atomic mass is 9.85. The summed E-state index contributed by atoms with van der Waals surface area (Å²) in [4.78, 5) is 39.4. The van der Waals surface area contributed by atoms with Gasteiger partial charge in [0, 0.05) is 12.1 Å². The fourth-order valence-corrected chi connectivity index (χ4v) is 3.74. The molecule has 0 saturated carbocycles. The standard InChI is InChI=1S/C20H21F3N2O3/c1-10(2)7-17(18(26)24-16-9-14(22)13(21)8-15(16)23)25-19(27)11-5-3-4-6-12(11)20(25)28/h3-4,8-12,17H,5-7H2,1-2H3,(H,24,26). The largest absolute Gasteiger partial charge is 0.322 e. The van der Waals surface area contributed by atoms with Crippen LogP contribution in [0.3, 0.4) is 0 Å². The second-order valence-electron chi connectivity index (χ2n) is 7.58. The lowest BCUT2D eigenvalue weighted by molar-refractivity contribution is -0.147. The van der Waals surface area contributed by atoms with E-state index in [-0.39, 0.29) is 12.3 Å². The van der Waals surface area contributed by atoms with Gasteiger partial charge in [0.1, 0.15) is 11.9 Å². The van der Waals surface area contributed by atoms with E-state index in [4.69, 9.17) is 0 Å². The van der Waals surface area contributed by atoms with Gasteiger partial charge < -0.3 is 5.32 Å². The summed E-state index contributed by atoms with van der Waals surface area (Å²) in [7, 11) is 0. The Morgan fingerprint density at radius 2 is 1.57 bits per heavy atom. The maximum atomic E-state index is 13.9. The minimum Gasteiger partial charge on any atom is -0.322 e. The molecule has 1 saturated heterocycles. The summed E-state index contributed by atoms with van der Waals surface area (Å²) >= 11 is 0. The molecule has 3 unspecified atom stereocenters. The van der Waals surface area contributed by atoms with Gasteiger partial charge in [-0.2, -0.15) is 0 Å². The third kappa shape index (κ3) is 3.68. The van der Waals surface area contributed by atoms with E-state index in [0.29, 0.717) is 25.0 Å². The summed E-state index contributed by atoms with van der Waals surface area (Å²) in [5.41, 5.74) is -0.546. The van der Waals surface area contributed by atoms with E-state index < -0.39 is 58.7 Å². The Labute approximate surface area is 160 Å². The van der Waals surface area contributed by atoms with Crippen molar-refractivity contribution in [2.24, 2.45) is 17.8 Å². The van der Waals surface area contributed by atoms with Gasteiger partial charge in [0.25, 0.3) is 0 Å². The number of hydrogen-bond acceptors (Lipinski definition) is 3. The number of halogens is 3. The molecule has 28 heavy (non-hydrogen) atoms. The zero-order valence-electron chi connectivity index (χ0n) is 15.5. The van der Waals surface area contributed by atoms with E-state index in [2.05, 4.69) is 5.32 Å². The van der Waals surface area contributed by atoms with Crippen molar-refractivity contribution in [3.63, 3.8) is 0 Å². The number of carbonyl (C=O) groups is 3. The molecule has 1 N–H and O–H groups in total. The first-order valence-corrected chi connectivity index (χ1v) is 9.18. The van der Waals surface area contributed by atoms with Gasteiger partial charge >= 0.3 is 0 Å². The zero-order chi connectivity index (χ0) is 20.6. The fraction of sp³-hybridized carbons (Fsp3) is 0.450. The predicted molar refractivity (Wildman–Crippen MR) is 95.4 cm³/mol. The quantitative estimate of drug-likeness (QED) is 0.473. The Morgan fingerprint density at radius 1 is 1.04 bits per heavy atom. The molecule has 3 rings (SSSR count). The summed E-state index contributed by atoms with van der Waals surface area (Å²) in [5, 5.41) is 2.20. The highest BCUT2D eigenvalue weighted by Crippen LogP contribution is 2.37. The van der Waals surface area contributed by atoms with Crippen LogP contribution in [-0.4, -0.2) is 28.7 Å². The molecule has 150 valence electrons. The molecule has 8 heteroatoms. The third-order valence-corrected chi connectivity index (χ3v) is 5.12. The molecule has 1 aromatic rings.